The molecule has 0 atom stereocenters. The minimum atomic E-state index is -0.929. The fourth-order valence-corrected chi connectivity index (χ4v) is 11.5. The molecule has 2 aromatic carbocycles. The van der Waals surface area contributed by atoms with Gasteiger partial charge in [-0.2, -0.15) is 0 Å². The van der Waals surface area contributed by atoms with Gasteiger partial charge in [-0.25, -0.2) is 9.97 Å². The van der Waals surface area contributed by atoms with Crippen molar-refractivity contribution in [2.45, 2.75) is 39.2 Å². The summed E-state index contributed by atoms with van der Waals surface area (Å²) in [6.45, 7) is 17.4. The summed E-state index contributed by atoms with van der Waals surface area (Å²) < 4.78 is 36.2. The van der Waals surface area contributed by atoms with Crippen LogP contribution in [0.25, 0.3) is 10.9 Å². The van der Waals surface area contributed by atoms with Gasteiger partial charge in [0.2, 0.25) is 6.79 Å². The van der Waals surface area contributed by atoms with Crippen LogP contribution in [0.1, 0.15) is 12.0 Å². The van der Waals surface area contributed by atoms with Crippen molar-refractivity contribution in [3.63, 3.8) is 0 Å². The summed E-state index contributed by atoms with van der Waals surface area (Å²) in [5, 5.41) is 4.44. The molecule has 2 aliphatic heterocycles. The Labute approximate surface area is 315 Å². The molecule has 0 aliphatic carbocycles. The monoisotopic (exact) mass is 724 g/mol. The number of hydrogen-bond acceptors (Lipinski definition) is 11. The Morgan fingerprint density at radius 2 is 1.79 bits per heavy atom. The Balaban J connectivity index is 0.000000551. The van der Waals surface area contributed by atoms with Crippen molar-refractivity contribution in [2.24, 2.45) is 0 Å². The van der Waals surface area contributed by atoms with Crippen LogP contribution in [0.3, 0.4) is 0 Å². The molecule has 0 amide bonds. The van der Waals surface area contributed by atoms with Gasteiger partial charge in [-0.15, -0.1) is 0 Å². The first-order valence-corrected chi connectivity index (χ1v) is 22.5. The molecule has 3 heterocycles. The van der Waals surface area contributed by atoms with Crippen LogP contribution < -0.4 is 24.3 Å². The van der Waals surface area contributed by atoms with Gasteiger partial charge in [-0.05, 0) is 25.6 Å². The van der Waals surface area contributed by atoms with Crippen LogP contribution in [0.15, 0.2) is 24.5 Å². The summed E-state index contributed by atoms with van der Waals surface area (Å²) >= 11 is 6.64. The number of hydrogen-bond donors (Lipinski definition) is 1. The van der Waals surface area contributed by atoms with Gasteiger partial charge in [-0.3, -0.25) is 4.90 Å². The normalized spacial score (nSPS) is 14.1. The summed E-state index contributed by atoms with van der Waals surface area (Å²) in [5.41, 5.74) is 1.84. The average Bonchev–Trinajstić information content (AvgIpc) is 3.55. The second kappa shape index (κ2) is 19.3. The minimum Gasteiger partial charge on any atom is -0.493 e. The molecule has 2 aliphatic rings. The summed E-state index contributed by atoms with van der Waals surface area (Å²) in [4.78, 5) is 11.3. The molecule has 15 heteroatoms. The average molecular weight is 725 g/mol. The summed E-state index contributed by atoms with van der Waals surface area (Å²) in [7, 11) is 4.05. The van der Waals surface area contributed by atoms with E-state index in [1.165, 1.54) is 6.33 Å². The summed E-state index contributed by atoms with van der Waals surface area (Å²) in [6, 6.07) is 5.44. The maximum atomic E-state index is 6.64. The van der Waals surface area contributed by atoms with E-state index in [0.29, 0.717) is 63.8 Å². The van der Waals surface area contributed by atoms with Crippen LogP contribution in [-0.4, -0.2) is 140 Å². The number of aromatic nitrogens is 2. The van der Waals surface area contributed by atoms with E-state index >= 15 is 0 Å². The zero-order chi connectivity index (χ0) is 34.0. The zero-order valence-electron chi connectivity index (χ0n) is 29.9. The summed E-state index contributed by atoms with van der Waals surface area (Å²) in [5.74, 6) is 8.66. The first kappa shape index (κ1) is 40.3. The third-order valence-electron chi connectivity index (χ3n) is 8.01. The van der Waals surface area contributed by atoms with E-state index < -0.39 is 17.2 Å². The van der Waals surface area contributed by atoms with Gasteiger partial charge >= 0.3 is 0 Å². The Hall–Kier alpha value is -2.10. The standard InChI is InChI=1S/C27H29ClN4O6.C6H19NSi2.Na/c1-33-9-3-5-18-13-20(28)24(26-25(18)37-17-38-26)31-27-19-14-22(34-2)23(15-21(19)29-16-30-27)36-10-4-6-32-7-11-35-12-8-32;1-7(8(2)3)9(4,5)6;/h13-16H,4,6-12,17H2,1-2H3,(H,29,30,31);8H,1-6H3;. The van der Waals surface area contributed by atoms with Crippen molar-refractivity contribution in [2.75, 3.05) is 79.4 Å². The molecular formula is C33H48ClN5NaO6Si2. The third-order valence-corrected chi connectivity index (χ3v) is 15.8. The maximum absolute atomic E-state index is 6.64. The number of anilines is 2. The molecular weight excluding hydrogens is 677 g/mol. The van der Waals surface area contributed by atoms with Gasteiger partial charge in [0.15, 0.2) is 23.0 Å². The van der Waals surface area contributed by atoms with Crippen molar-refractivity contribution >= 4 is 80.8 Å². The third kappa shape index (κ3) is 11.0. The molecule has 1 aromatic heterocycles. The molecule has 5 rings (SSSR count). The predicted octanol–water partition coefficient (Wildman–Crippen LogP) is 5.22. The SMILES string of the molecule is CN([SiH](C)C)[Si](C)(C)C.COCC#Cc1cc(Cl)c(Nc2ncnc3cc(OCCCN4CCOCC4)c(OC)cc23)c2c1OCO2.[Na]. The number of halogens is 1. The Morgan fingerprint density at radius 3 is 2.44 bits per heavy atom. The van der Waals surface area contributed by atoms with Crippen LogP contribution >= 0.6 is 11.6 Å². The molecule has 1 N–H and O–H groups in total. The molecule has 0 spiro atoms. The maximum Gasteiger partial charge on any atom is 0.231 e. The van der Waals surface area contributed by atoms with E-state index in [1.807, 2.05) is 12.1 Å². The van der Waals surface area contributed by atoms with Crippen molar-refractivity contribution in [1.29, 1.82) is 0 Å². The van der Waals surface area contributed by atoms with Crippen LogP contribution in [0.2, 0.25) is 37.8 Å². The summed E-state index contributed by atoms with van der Waals surface area (Å²) in [6.07, 6.45) is 2.38. The first-order valence-electron chi connectivity index (χ1n) is 15.9. The van der Waals surface area contributed by atoms with E-state index in [2.05, 4.69) is 76.0 Å². The topological polar surface area (TPSA) is 99.7 Å². The molecule has 1 radical (unpaired) electrons. The largest absolute Gasteiger partial charge is 0.493 e. The number of ether oxygens (including phenoxy) is 6. The van der Waals surface area contributed by atoms with Gasteiger partial charge in [0.1, 0.15) is 32.7 Å². The Bertz CT molecular complexity index is 1560. The van der Waals surface area contributed by atoms with Gasteiger partial charge < -0.3 is 38.0 Å². The number of rotatable bonds is 11. The Kier molecular flexibility index (Phi) is 16.2. The van der Waals surface area contributed by atoms with Crippen LogP contribution in [0.4, 0.5) is 11.5 Å². The molecule has 257 valence electrons. The number of methoxy groups -OCH3 is 2. The molecule has 3 aromatic rings. The predicted molar refractivity (Wildman–Crippen MR) is 199 cm³/mol. The van der Waals surface area contributed by atoms with Crippen LogP contribution in [-0.2, 0) is 9.47 Å². The van der Waals surface area contributed by atoms with Gasteiger partial charge in [0.25, 0.3) is 0 Å². The van der Waals surface area contributed by atoms with Crippen molar-refractivity contribution in [3.8, 4) is 34.8 Å². The minimum absolute atomic E-state index is 0. The second-order valence-electron chi connectivity index (χ2n) is 12.5. The van der Waals surface area contributed by atoms with Crippen molar-refractivity contribution in [3.05, 3.63) is 35.1 Å². The zero-order valence-corrected chi connectivity index (χ0v) is 34.8. The van der Waals surface area contributed by atoms with Gasteiger partial charge in [0.05, 0.1) is 52.0 Å². The van der Waals surface area contributed by atoms with E-state index in [-0.39, 0.29) is 36.4 Å². The van der Waals surface area contributed by atoms with E-state index in [4.69, 9.17) is 40.0 Å². The number of fused-ring (bicyclic) bond motifs is 2. The van der Waals surface area contributed by atoms with Crippen LogP contribution in [0.5, 0.6) is 23.0 Å². The van der Waals surface area contributed by atoms with Gasteiger partial charge in [-0.1, -0.05) is 56.2 Å². The smallest absolute Gasteiger partial charge is 0.231 e. The molecule has 0 saturated carbocycles. The number of benzene rings is 2. The molecule has 1 fully saturated rings. The van der Waals surface area contributed by atoms with E-state index in [9.17, 15) is 0 Å². The first-order chi connectivity index (χ1) is 22.5. The van der Waals surface area contributed by atoms with E-state index in [0.717, 1.165) is 44.7 Å². The molecule has 1 saturated heterocycles. The van der Waals surface area contributed by atoms with Gasteiger partial charge in [0, 0.05) is 67.8 Å². The fraction of sp³-hybridized carbons (Fsp3) is 0.515. The molecule has 0 unspecified atom stereocenters. The molecule has 11 nitrogen and oxygen atoms in total. The number of nitrogens with one attached hydrogen (secondary N) is 1. The quantitative estimate of drug-likeness (QED) is 0.160. The fourth-order valence-electron chi connectivity index (χ4n) is 5.07. The van der Waals surface area contributed by atoms with Crippen LogP contribution in [0, 0.1) is 11.8 Å². The second-order valence-corrected chi connectivity index (χ2v) is 21.4. The van der Waals surface area contributed by atoms with E-state index in [1.54, 1.807) is 20.3 Å². The molecule has 48 heavy (non-hydrogen) atoms. The Morgan fingerprint density at radius 1 is 1.06 bits per heavy atom. The van der Waals surface area contributed by atoms with Crippen molar-refractivity contribution in [1.82, 2.24) is 19.1 Å². The van der Waals surface area contributed by atoms with Crippen molar-refractivity contribution < 1.29 is 28.4 Å². The molecule has 0 bridgehead atoms. The number of morpholine rings is 1. The number of nitrogens with zero attached hydrogens (tertiary/aromatic N) is 4.